The highest BCUT2D eigenvalue weighted by atomic mass is 16.6. The first-order valence-corrected chi connectivity index (χ1v) is 20.3. The van der Waals surface area contributed by atoms with Gasteiger partial charge in [0.15, 0.2) is 17.8 Å². The van der Waals surface area contributed by atoms with Gasteiger partial charge in [-0.2, -0.15) is 0 Å². The minimum absolute atomic E-state index is 0.0970. The lowest BCUT2D eigenvalue weighted by Gasteiger charge is -2.69. The number of esters is 4. The zero-order valence-electron chi connectivity index (χ0n) is 35.6. The second kappa shape index (κ2) is 16.8. The van der Waals surface area contributed by atoms with Crippen LogP contribution in [-0.2, 0) is 42.8 Å². The van der Waals surface area contributed by atoms with Crippen molar-refractivity contribution >= 4 is 30.0 Å². The van der Waals surface area contributed by atoms with Crippen molar-refractivity contribution in [1.29, 1.82) is 0 Å². The van der Waals surface area contributed by atoms with E-state index in [2.05, 4.69) is 5.32 Å². The lowest BCUT2D eigenvalue weighted by Crippen LogP contribution is -2.82. The average molecular weight is 832 g/mol. The van der Waals surface area contributed by atoms with Crippen molar-refractivity contribution in [2.75, 3.05) is 6.61 Å². The van der Waals surface area contributed by atoms with E-state index in [1.165, 1.54) is 26.0 Å². The number of ether oxygens (including phenoxy) is 6. The summed E-state index contributed by atoms with van der Waals surface area (Å²) in [5.41, 5.74) is -7.87. The molecule has 3 aliphatic carbocycles. The van der Waals surface area contributed by atoms with Crippen LogP contribution in [0.1, 0.15) is 112 Å². The Balaban J connectivity index is 1.71. The third-order valence-corrected chi connectivity index (χ3v) is 12.9. The van der Waals surface area contributed by atoms with Crippen LogP contribution in [0.3, 0.4) is 0 Å². The van der Waals surface area contributed by atoms with E-state index >= 15 is 0 Å². The van der Waals surface area contributed by atoms with Crippen LogP contribution in [0.2, 0.25) is 0 Å². The molecule has 16 nitrogen and oxygen atoms in total. The fourth-order valence-corrected chi connectivity index (χ4v) is 9.83. The molecule has 1 aliphatic heterocycles. The number of alkyl carbamates (subject to hydrolysis) is 1. The van der Waals surface area contributed by atoms with E-state index in [-0.39, 0.29) is 36.2 Å². The molecule has 5 rings (SSSR count). The zero-order valence-corrected chi connectivity index (χ0v) is 35.6. The van der Waals surface area contributed by atoms with Gasteiger partial charge in [0.1, 0.15) is 35.6 Å². The molecule has 12 atom stereocenters. The molecule has 0 radical (unpaired) electrons. The van der Waals surface area contributed by atoms with Gasteiger partial charge in [-0.15, -0.1) is 0 Å². The molecule has 328 valence electrons. The first-order valence-electron chi connectivity index (χ1n) is 20.3. The molecule has 4 aliphatic rings. The molecule has 0 spiro atoms. The number of aliphatic hydroxyl groups is 4. The molecule has 2 bridgehead atoms. The number of hydrogen-bond acceptors (Lipinski definition) is 15. The van der Waals surface area contributed by atoms with E-state index in [0.29, 0.717) is 12.8 Å². The van der Waals surface area contributed by atoms with Gasteiger partial charge in [0.05, 0.1) is 30.2 Å². The van der Waals surface area contributed by atoms with Crippen LogP contribution in [0.5, 0.6) is 0 Å². The van der Waals surface area contributed by atoms with Crippen LogP contribution in [0.4, 0.5) is 4.79 Å². The van der Waals surface area contributed by atoms with Crippen molar-refractivity contribution in [1.82, 2.24) is 5.32 Å². The number of aliphatic hydroxyl groups excluding tert-OH is 3. The average Bonchev–Trinajstić information content (AvgIpc) is 3.13. The Labute approximate surface area is 344 Å². The first-order chi connectivity index (χ1) is 27.3. The van der Waals surface area contributed by atoms with Gasteiger partial charge in [-0.05, 0) is 57.4 Å². The molecular formula is C43H61NO15. The van der Waals surface area contributed by atoms with Crippen molar-refractivity contribution in [3.05, 3.63) is 47.0 Å². The minimum Gasteiger partial charge on any atom is -0.456 e. The lowest BCUT2D eigenvalue weighted by atomic mass is 9.44. The summed E-state index contributed by atoms with van der Waals surface area (Å²) in [5.74, 6) is -5.08. The largest absolute Gasteiger partial charge is 0.456 e. The maximum absolute atomic E-state index is 14.2. The molecule has 2 saturated carbocycles. The smallest absolute Gasteiger partial charge is 0.407 e. The number of carbonyl (C=O) groups excluding carboxylic acids is 5. The summed E-state index contributed by atoms with van der Waals surface area (Å²) < 4.78 is 35.7. The minimum atomic E-state index is -2.33. The maximum Gasteiger partial charge on any atom is 0.407 e. The SMILES string of the molecule is CCCC[C@@H](NC(=O)OC(C)(C)C)[C@@H](O)C(=O)O[C@H]1C[C@@]2(O)[C@@H](OC(=O)c3ccccc3)[C@@H]3[C@]4(OC(C)=O)CO[C@@H]4C[C@H](O)[C@@]3(C)[C@@H](O)[C@H](OC(C)=O)C(=C1C)C2(C)C. The van der Waals surface area contributed by atoms with Gasteiger partial charge in [0.2, 0.25) is 0 Å². The van der Waals surface area contributed by atoms with Crippen LogP contribution in [0.25, 0.3) is 0 Å². The first kappa shape index (κ1) is 46.0. The molecule has 5 N–H and O–H groups in total. The number of rotatable bonds is 11. The van der Waals surface area contributed by atoms with Crippen LogP contribution in [0, 0.1) is 16.7 Å². The number of nitrogens with one attached hydrogen (secondary N) is 1. The third kappa shape index (κ3) is 8.35. The summed E-state index contributed by atoms with van der Waals surface area (Å²) in [6, 6.07) is 6.78. The van der Waals surface area contributed by atoms with E-state index in [1.54, 1.807) is 59.7 Å². The van der Waals surface area contributed by atoms with Crippen molar-refractivity contribution in [3.63, 3.8) is 0 Å². The summed E-state index contributed by atoms with van der Waals surface area (Å²) in [4.78, 5) is 67.0. The van der Waals surface area contributed by atoms with Gasteiger partial charge >= 0.3 is 30.0 Å². The summed E-state index contributed by atoms with van der Waals surface area (Å²) in [7, 11) is 0. The molecule has 1 aromatic rings. The van der Waals surface area contributed by atoms with E-state index in [1.807, 2.05) is 6.92 Å². The highest BCUT2D eigenvalue weighted by Gasteiger charge is 2.78. The lowest BCUT2D eigenvalue weighted by molar-refractivity contribution is -0.365. The summed E-state index contributed by atoms with van der Waals surface area (Å²) in [6.07, 6.45) is -11.1. The maximum atomic E-state index is 14.2. The Morgan fingerprint density at radius 3 is 2.17 bits per heavy atom. The van der Waals surface area contributed by atoms with Crippen molar-refractivity contribution in [2.24, 2.45) is 16.7 Å². The molecule has 0 aromatic heterocycles. The van der Waals surface area contributed by atoms with Gasteiger partial charge in [0.25, 0.3) is 0 Å². The number of unbranched alkanes of at least 4 members (excludes halogenated alkanes) is 1. The second-order valence-corrected chi connectivity index (χ2v) is 18.2. The van der Waals surface area contributed by atoms with Gasteiger partial charge in [-0.3, -0.25) is 9.59 Å². The molecule has 59 heavy (non-hydrogen) atoms. The quantitative estimate of drug-likeness (QED) is 0.122. The van der Waals surface area contributed by atoms with Gasteiger partial charge in [-0.1, -0.05) is 58.7 Å². The number of benzene rings is 1. The molecule has 0 unspecified atom stereocenters. The van der Waals surface area contributed by atoms with Crippen LogP contribution >= 0.6 is 0 Å². The fourth-order valence-electron chi connectivity index (χ4n) is 9.83. The van der Waals surface area contributed by atoms with E-state index in [9.17, 15) is 44.4 Å². The molecule has 1 aromatic carbocycles. The standard InChI is InChI=1S/C43H61NO15/c1-11-12-18-26(44-38(52)59-39(5,6)7)31(48)37(51)56-27-20-43(53)35(57-36(50)25-16-14-13-15-17-25)33-41(10,28(47)19-29-42(33,21-54-29)58-24(4)46)34(49)32(55-23(3)45)30(22(27)2)40(43,8)9/h13-17,26-29,31-35,47-49,53H,11-12,18-21H2,1-10H3,(H,44,52)/t26-,27+,28+,29-,31-,32-,33+,34+,35+,41-,42+,43-/m1/s1. The Bertz CT molecular complexity index is 1810. The summed E-state index contributed by atoms with van der Waals surface area (Å²) >= 11 is 0. The van der Waals surface area contributed by atoms with Crippen molar-refractivity contribution in [2.45, 2.75) is 167 Å². The Morgan fingerprint density at radius 1 is 0.983 bits per heavy atom. The number of amides is 1. The van der Waals surface area contributed by atoms with Crippen molar-refractivity contribution in [3.8, 4) is 0 Å². The van der Waals surface area contributed by atoms with Gasteiger partial charge in [-0.25, -0.2) is 14.4 Å². The number of hydrogen-bond donors (Lipinski definition) is 5. The normalized spacial score (nSPS) is 34.5. The monoisotopic (exact) mass is 831 g/mol. The Kier molecular flexibility index (Phi) is 13.1. The van der Waals surface area contributed by atoms with Gasteiger partial charge in [0, 0.05) is 37.5 Å². The molecule has 1 heterocycles. The number of fused-ring (bicyclic) bond motifs is 5. The highest BCUT2D eigenvalue weighted by Crippen LogP contribution is 2.65. The molecular weight excluding hydrogens is 770 g/mol. The second-order valence-electron chi connectivity index (χ2n) is 18.2. The van der Waals surface area contributed by atoms with Gasteiger partial charge < -0.3 is 54.2 Å². The number of carbonyl (C=O) groups is 5. The third-order valence-electron chi connectivity index (χ3n) is 12.9. The fraction of sp³-hybridized carbons (Fsp3) is 0.698. The van der Waals surface area contributed by atoms with E-state index in [0.717, 1.165) is 6.92 Å². The van der Waals surface area contributed by atoms with Crippen LogP contribution < -0.4 is 5.32 Å². The topological polar surface area (TPSA) is 234 Å². The molecule has 1 amide bonds. The highest BCUT2D eigenvalue weighted by molar-refractivity contribution is 5.89. The van der Waals surface area contributed by atoms with E-state index in [4.69, 9.17) is 28.4 Å². The molecule has 16 heteroatoms. The zero-order chi connectivity index (χ0) is 44.0. The molecule has 1 saturated heterocycles. The summed E-state index contributed by atoms with van der Waals surface area (Å²) in [6.45, 7) is 15.2. The summed E-state index contributed by atoms with van der Waals surface area (Å²) in [5, 5.41) is 52.4. The predicted molar refractivity (Wildman–Crippen MR) is 208 cm³/mol. The Morgan fingerprint density at radius 2 is 1.63 bits per heavy atom. The van der Waals surface area contributed by atoms with Crippen LogP contribution in [0.15, 0.2) is 41.5 Å². The van der Waals surface area contributed by atoms with Crippen molar-refractivity contribution < 1.29 is 72.8 Å². The van der Waals surface area contributed by atoms with Crippen LogP contribution in [-0.4, -0.2) is 123 Å². The molecule has 3 fully saturated rings. The Hall–Kier alpha value is -4.09. The predicted octanol–water partition coefficient (Wildman–Crippen LogP) is 3.44. The van der Waals surface area contributed by atoms with E-state index < -0.39 is 119 Å².